The van der Waals surface area contributed by atoms with Crippen LogP contribution in [0.15, 0.2) is 18.2 Å². The van der Waals surface area contributed by atoms with Crippen LogP contribution in [0.1, 0.15) is 23.7 Å². The molecule has 0 unspecified atom stereocenters. The number of hydrogen-bond acceptors (Lipinski definition) is 3. The summed E-state index contributed by atoms with van der Waals surface area (Å²) < 4.78 is 13.8. The molecule has 1 aromatic carbocycles. The lowest BCUT2D eigenvalue weighted by molar-refractivity contribution is -0.128. The topological polar surface area (TPSA) is 66.6 Å². The Kier molecular flexibility index (Phi) is 4.22. The van der Waals surface area contributed by atoms with Gasteiger partial charge in [0.05, 0.1) is 5.56 Å². The summed E-state index contributed by atoms with van der Waals surface area (Å²) in [4.78, 5) is 26.9. The van der Waals surface area contributed by atoms with E-state index in [1.54, 1.807) is 9.80 Å². The van der Waals surface area contributed by atoms with E-state index < -0.39 is 5.82 Å². The summed E-state index contributed by atoms with van der Waals surface area (Å²) in [6.07, 6.45) is 0.696. The lowest BCUT2D eigenvalue weighted by atomic mass is 10.1. The highest BCUT2D eigenvalue weighted by atomic mass is 19.1. The predicted molar refractivity (Wildman–Crippen MR) is 73.6 cm³/mol. The SMILES string of the molecule is CC(=O)N1CCCN(C(=O)c2ccc(N)cc2F)CC1. The summed E-state index contributed by atoms with van der Waals surface area (Å²) in [5.41, 5.74) is 5.79. The van der Waals surface area contributed by atoms with Crippen molar-refractivity contribution in [3.8, 4) is 0 Å². The first-order valence-electron chi connectivity index (χ1n) is 6.59. The van der Waals surface area contributed by atoms with Crippen molar-refractivity contribution in [1.82, 2.24) is 9.80 Å². The van der Waals surface area contributed by atoms with E-state index in [0.29, 0.717) is 32.6 Å². The van der Waals surface area contributed by atoms with Crippen molar-refractivity contribution in [1.29, 1.82) is 0 Å². The summed E-state index contributed by atoms with van der Waals surface area (Å²) in [6.45, 7) is 3.56. The molecule has 1 aromatic rings. The van der Waals surface area contributed by atoms with Gasteiger partial charge in [-0.25, -0.2) is 4.39 Å². The van der Waals surface area contributed by atoms with Gasteiger partial charge in [-0.05, 0) is 24.6 Å². The first-order chi connectivity index (χ1) is 9.49. The maximum atomic E-state index is 13.8. The van der Waals surface area contributed by atoms with E-state index in [4.69, 9.17) is 5.73 Å². The second kappa shape index (κ2) is 5.90. The van der Waals surface area contributed by atoms with Gasteiger partial charge in [0.15, 0.2) is 0 Å². The van der Waals surface area contributed by atoms with Crippen molar-refractivity contribution < 1.29 is 14.0 Å². The van der Waals surface area contributed by atoms with Crippen LogP contribution in [0.2, 0.25) is 0 Å². The number of hydrogen-bond donors (Lipinski definition) is 1. The van der Waals surface area contributed by atoms with Crippen LogP contribution in [-0.4, -0.2) is 47.8 Å². The average molecular weight is 279 g/mol. The number of nitrogen functional groups attached to an aromatic ring is 1. The largest absolute Gasteiger partial charge is 0.399 e. The number of benzene rings is 1. The minimum atomic E-state index is -0.609. The molecule has 0 spiro atoms. The highest BCUT2D eigenvalue weighted by molar-refractivity contribution is 5.95. The molecule has 1 saturated heterocycles. The molecule has 0 aromatic heterocycles. The second-order valence-electron chi connectivity index (χ2n) is 4.89. The third-order valence-corrected chi connectivity index (χ3v) is 3.45. The zero-order valence-electron chi connectivity index (χ0n) is 11.4. The van der Waals surface area contributed by atoms with Crippen molar-refractivity contribution in [3.05, 3.63) is 29.6 Å². The van der Waals surface area contributed by atoms with Gasteiger partial charge in [0.2, 0.25) is 5.91 Å². The number of anilines is 1. The standard InChI is InChI=1S/C14H18FN3O2/c1-10(19)17-5-2-6-18(8-7-17)14(20)12-4-3-11(16)9-13(12)15/h3-4,9H,2,5-8,16H2,1H3. The van der Waals surface area contributed by atoms with Crippen molar-refractivity contribution >= 4 is 17.5 Å². The minimum absolute atomic E-state index is 0.00189. The average Bonchev–Trinajstić information content (AvgIpc) is 2.63. The summed E-state index contributed by atoms with van der Waals surface area (Å²) in [5, 5.41) is 0. The van der Waals surface area contributed by atoms with Gasteiger partial charge >= 0.3 is 0 Å². The maximum absolute atomic E-state index is 13.8. The van der Waals surface area contributed by atoms with Crippen molar-refractivity contribution in [2.24, 2.45) is 0 Å². The molecule has 2 amide bonds. The third kappa shape index (κ3) is 3.07. The number of carbonyl (C=O) groups is 2. The number of nitrogens with two attached hydrogens (primary N) is 1. The fraction of sp³-hybridized carbons (Fsp3) is 0.429. The number of carbonyl (C=O) groups excluding carboxylic acids is 2. The van der Waals surface area contributed by atoms with Crippen LogP contribution >= 0.6 is 0 Å². The second-order valence-corrected chi connectivity index (χ2v) is 4.89. The van der Waals surface area contributed by atoms with Crippen LogP contribution in [-0.2, 0) is 4.79 Å². The van der Waals surface area contributed by atoms with Gasteiger partial charge in [-0.2, -0.15) is 0 Å². The number of nitrogens with zero attached hydrogens (tertiary/aromatic N) is 2. The molecule has 0 radical (unpaired) electrons. The van der Waals surface area contributed by atoms with Gasteiger partial charge in [0.25, 0.3) is 5.91 Å². The summed E-state index contributed by atoms with van der Waals surface area (Å²) in [5.74, 6) is -0.964. The third-order valence-electron chi connectivity index (χ3n) is 3.45. The first-order valence-corrected chi connectivity index (χ1v) is 6.59. The number of amides is 2. The quantitative estimate of drug-likeness (QED) is 0.783. The van der Waals surface area contributed by atoms with Crippen LogP contribution in [0.3, 0.4) is 0 Å². The lowest BCUT2D eigenvalue weighted by Gasteiger charge is -2.21. The van der Waals surface area contributed by atoms with Crippen LogP contribution in [0.4, 0.5) is 10.1 Å². The number of halogens is 1. The van der Waals surface area contributed by atoms with E-state index in [9.17, 15) is 14.0 Å². The molecular weight excluding hydrogens is 261 g/mol. The molecule has 1 aliphatic heterocycles. The molecule has 0 bridgehead atoms. The molecule has 6 heteroatoms. The van der Waals surface area contributed by atoms with Crippen LogP contribution < -0.4 is 5.73 Å². The fourth-order valence-electron chi connectivity index (χ4n) is 2.31. The van der Waals surface area contributed by atoms with E-state index in [1.165, 1.54) is 19.1 Å². The zero-order chi connectivity index (χ0) is 14.7. The van der Waals surface area contributed by atoms with Crippen molar-refractivity contribution in [3.63, 3.8) is 0 Å². The van der Waals surface area contributed by atoms with Crippen molar-refractivity contribution in [2.75, 3.05) is 31.9 Å². The minimum Gasteiger partial charge on any atom is -0.399 e. The molecule has 2 N–H and O–H groups in total. The maximum Gasteiger partial charge on any atom is 0.256 e. The van der Waals surface area contributed by atoms with E-state index in [-0.39, 0.29) is 23.1 Å². The summed E-state index contributed by atoms with van der Waals surface area (Å²) in [7, 11) is 0. The van der Waals surface area contributed by atoms with Crippen molar-refractivity contribution in [2.45, 2.75) is 13.3 Å². The molecule has 0 saturated carbocycles. The first kappa shape index (κ1) is 14.3. The molecule has 2 rings (SSSR count). The normalized spacial score (nSPS) is 15.9. The monoisotopic (exact) mass is 279 g/mol. The predicted octanol–water partition coefficient (Wildman–Crippen LogP) is 1.10. The fourth-order valence-corrected chi connectivity index (χ4v) is 2.31. The van der Waals surface area contributed by atoms with Crippen LogP contribution in [0.5, 0.6) is 0 Å². The molecule has 5 nitrogen and oxygen atoms in total. The molecule has 20 heavy (non-hydrogen) atoms. The molecule has 1 fully saturated rings. The lowest BCUT2D eigenvalue weighted by Crippen LogP contribution is -2.36. The van der Waals surface area contributed by atoms with Gasteiger partial charge in [0, 0.05) is 38.8 Å². The Balaban J connectivity index is 2.11. The Morgan fingerprint density at radius 1 is 1.15 bits per heavy atom. The Hall–Kier alpha value is -2.11. The molecule has 1 aliphatic rings. The van der Waals surface area contributed by atoms with Gasteiger partial charge in [0.1, 0.15) is 5.82 Å². The van der Waals surface area contributed by atoms with E-state index in [1.807, 2.05) is 0 Å². The molecule has 0 aliphatic carbocycles. The van der Waals surface area contributed by atoms with Gasteiger partial charge < -0.3 is 15.5 Å². The van der Waals surface area contributed by atoms with Crippen LogP contribution in [0.25, 0.3) is 0 Å². The Bertz CT molecular complexity index is 533. The van der Waals surface area contributed by atoms with Gasteiger partial charge in [-0.15, -0.1) is 0 Å². The highest BCUT2D eigenvalue weighted by Gasteiger charge is 2.23. The molecule has 1 heterocycles. The molecule has 0 atom stereocenters. The molecule has 108 valence electrons. The van der Waals surface area contributed by atoms with Gasteiger partial charge in [-0.3, -0.25) is 9.59 Å². The Labute approximate surface area is 117 Å². The summed E-state index contributed by atoms with van der Waals surface area (Å²) >= 11 is 0. The van der Waals surface area contributed by atoms with E-state index in [0.717, 1.165) is 6.07 Å². The van der Waals surface area contributed by atoms with Gasteiger partial charge in [-0.1, -0.05) is 0 Å². The Morgan fingerprint density at radius 2 is 1.80 bits per heavy atom. The molecular formula is C14H18FN3O2. The smallest absolute Gasteiger partial charge is 0.256 e. The highest BCUT2D eigenvalue weighted by Crippen LogP contribution is 2.15. The summed E-state index contributed by atoms with van der Waals surface area (Å²) in [6, 6.07) is 4.06. The zero-order valence-corrected chi connectivity index (χ0v) is 11.4. The van der Waals surface area contributed by atoms with E-state index >= 15 is 0 Å². The van der Waals surface area contributed by atoms with E-state index in [2.05, 4.69) is 0 Å². The van der Waals surface area contributed by atoms with Crippen LogP contribution in [0, 0.1) is 5.82 Å². The Morgan fingerprint density at radius 3 is 2.45 bits per heavy atom. The number of rotatable bonds is 1.